The lowest BCUT2D eigenvalue weighted by Gasteiger charge is -2.34. The molecule has 100 valence electrons. The van der Waals surface area contributed by atoms with Crippen LogP contribution in [0.4, 0.5) is 0 Å². The summed E-state index contributed by atoms with van der Waals surface area (Å²) in [7, 11) is 2.22. The molecule has 3 heteroatoms. The number of likely N-dealkylation sites (N-methyl/N-ethyl adjacent to an activating group) is 1. The minimum atomic E-state index is 0.307. The largest absolute Gasteiger partial charge is 0.329 e. The van der Waals surface area contributed by atoms with Crippen molar-refractivity contribution in [2.24, 2.45) is 5.73 Å². The molecule has 1 aliphatic carbocycles. The molecule has 0 amide bonds. The van der Waals surface area contributed by atoms with Gasteiger partial charge in [0.15, 0.2) is 0 Å². The Morgan fingerprint density at radius 3 is 2.61 bits per heavy atom. The maximum absolute atomic E-state index is 5.98. The van der Waals surface area contributed by atoms with Gasteiger partial charge in [0.05, 0.1) is 0 Å². The van der Waals surface area contributed by atoms with Crippen LogP contribution in [0.5, 0.6) is 0 Å². The van der Waals surface area contributed by atoms with Crippen molar-refractivity contribution in [2.75, 3.05) is 13.6 Å². The van der Waals surface area contributed by atoms with Crippen LogP contribution in [0.3, 0.4) is 0 Å². The third-order valence-electron chi connectivity index (χ3n) is 4.18. The molecule has 18 heavy (non-hydrogen) atoms. The van der Waals surface area contributed by atoms with Crippen LogP contribution in [0.1, 0.15) is 50.1 Å². The molecule has 1 aromatic rings. The van der Waals surface area contributed by atoms with E-state index in [0.29, 0.717) is 18.6 Å². The quantitative estimate of drug-likeness (QED) is 0.832. The van der Waals surface area contributed by atoms with Gasteiger partial charge in [-0.3, -0.25) is 9.88 Å². The summed E-state index contributed by atoms with van der Waals surface area (Å²) in [6, 6.07) is 5.12. The molecule has 1 aliphatic rings. The first-order valence-corrected chi connectivity index (χ1v) is 7.15. The Bertz CT molecular complexity index is 331. The topological polar surface area (TPSA) is 42.1 Å². The zero-order chi connectivity index (χ0) is 12.8. The van der Waals surface area contributed by atoms with Gasteiger partial charge in [-0.15, -0.1) is 0 Å². The smallest absolute Gasteiger partial charge is 0.0485 e. The van der Waals surface area contributed by atoms with Gasteiger partial charge in [0.2, 0.25) is 0 Å². The van der Waals surface area contributed by atoms with E-state index < -0.39 is 0 Å². The van der Waals surface area contributed by atoms with E-state index in [1.807, 2.05) is 18.5 Å². The highest BCUT2D eigenvalue weighted by atomic mass is 15.2. The Balaban J connectivity index is 2.06. The lowest BCUT2D eigenvalue weighted by atomic mass is 10.0. The summed E-state index contributed by atoms with van der Waals surface area (Å²) in [6.07, 6.45) is 11.9. The Labute approximate surface area is 110 Å². The molecule has 0 aliphatic heterocycles. The molecule has 0 aromatic carbocycles. The van der Waals surface area contributed by atoms with Gasteiger partial charge in [0.25, 0.3) is 0 Å². The summed E-state index contributed by atoms with van der Waals surface area (Å²) in [4.78, 5) is 6.69. The summed E-state index contributed by atoms with van der Waals surface area (Å²) in [5.74, 6) is 0. The highest BCUT2D eigenvalue weighted by Gasteiger charge is 2.24. The number of hydrogen-bond donors (Lipinski definition) is 1. The van der Waals surface area contributed by atoms with Crippen LogP contribution in [0, 0.1) is 0 Å². The Morgan fingerprint density at radius 1 is 1.33 bits per heavy atom. The van der Waals surface area contributed by atoms with E-state index in [2.05, 4.69) is 23.0 Å². The number of rotatable bonds is 4. The van der Waals surface area contributed by atoms with Gasteiger partial charge in [0.1, 0.15) is 0 Å². The molecule has 0 spiro atoms. The molecule has 1 atom stereocenters. The maximum Gasteiger partial charge on any atom is 0.0485 e. The van der Waals surface area contributed by atoms with Crippen molar-refractivity contribution in [2.45, 2.75) is 50.6 Å². The van der Waals surface area contributed by atoms with Crippen molar-refractivity contribution in [3.63, 3.8) is 0 Å². The number of hydrogen-bond acceptors (Lipinski definition) is 3. The molecule has 1 aromatic heterocycles. The molecule has 3 nitrogen and oxygen atoms in total. The van der Waals surface area contributed by atoms with Gasteiger partial charge in [-0.2, -0.15) is 0 Å². The first-order valence-electron chi connectivity index (χ1n) is 7.15. The summed E-state index contributed by atoms with van der Waals surface area (Å²) in [5.41, 5.74) is 7.22. The molecule has 0 saturated heterocycles. The van der Waals surface area contributed by atoms with Crippen molar-refractivity contribution in [1.29, 1.82) is 0 Å². The second-order valence-corrected chi connectivity index (χ2v) is 5.35. The van der Waals surface area contributed by atoms with Gasteiger partial charge < -0.3 is 5.73 Å². The van der Waals surface area contributed by atoms with Crippen molar-refractivity contribution in [1.82, 2.24) is 9.88 Å². The van der Waals surface area contributed by atoms with Crippen LogP contribution in [0.2, 0.25) is 0 Å². The summed E-state index contributed by atoms with van der Waals surface area (Å²) in [6.45, 7) is 0.665. The minimum Gasteiger partial charge on any atom is -0.329 e. The Morgan fingerprint density at radius 2 is 2.06 bits per heavy atom. The van der Waals surface area contributed by atoms with E-state index in [1.165, 1.54) is 44.1 Å². The van der Waals surface area contributed by atoms with Crippen molar-refractivity contribution in [3.05, 3.63) is 30.1 Å². The zero-order valence-electron chi connectivity index (χ0n) is 11.4. The fraction of sp³-hybridized carbons (Fsp3) is 0.667. The normalized spacial score (nSPS) is 19.7. The van der Waals surface area contributed by atoms with Crippen LogP contribution in [-0.4, -0.2) is 29.5 Å². The second-order valence-electron chi connectivity index (χ2n) is 5.35. The fourth-order valence-electron chi connectivity index (χ4n) is 3.03. The van der Waals surface area contributed by atoms with E-state index >= 15 is 0 Å². The van der Waals surface area contributed by atoms with Crippen molar-refractivity contribution in [3.8, 4) is 0 Å². The van der Waals surface area contributed by atoms with Gasteiger partial charge >= 0.3 is 0 Å². The zero-order valence-corrected chi connectivity index (χ0v) is 11.4. The molecular formula is C15H25N3. The Hall–Kier alpha value is -0.930. The lowest BCUT2D eigenvalue weighted by Crippen LogP contribution is -2.38. The van der Waals surface area contributed by atoms with Gasteiger partial charge in [-0.25, -0.2) is 0 Å². The molecular weight excluding hydrogens is 222 g/mol. The monoisotopic (exact) mass is 247 g/mol. The maximum atomic E-state index is 5.98. The van der Waals surface area contributed by atoms with E-state index in [9.17, 15) is 0 Å². The van der Waals surface area contributed by atoms with Gasteiger partial charge in [-0.05, 0) is 31.5 Å². The van der Waals surface area contributed by atoms with Crippen molar-refractivity contribution >= 4 is 0 Å². The highest BCUT2D eigenvalue weighted by Crippen LogP contribution is 2.27. The summed E-state index contributed by atoms with van der Waals surface area (Å²) < 4.78 is 0. The average Bonchev–Trinajstić information content (AvgIpc) is 2.69. The minimum absolute atomic E-state index is 0.307. The number of pyridine rings is 1. The molecule has 2 rings (SSSR count). The van der Waals surface area contributed by atoms with Crippen LogP contribution >= 0.6 is 0 Å². The number of nitrogens with two attached hydrogens (primary N) is 1. The molecule has 0 radical (unpaired) electrons. The number of nitrogens with zero attached hydrogens (tertiary/aromatic N) is 2. The van der Waals surface area contributed by atoms with Gasteiger partial charge in [-0.1, -0.05) is 31.7 Å². The molecule has 1 fully saturated rings. The summed E-state index contributed by atoms with van der Waals surface area (Å²) >= 11 is 0. The molecule has 0 bridgehead atoms. The predicted octanol–water partition coefficient (Wildman–Crippen LogP) is 2.74. The first-order chi connectivity index (χ1) is 8.83. The van der Waals surface area contributed by atoms with Gasteiger partial charge in [0, 0.05) is 31.0 Å². The lowest BCUT2D eigenvalue weighted by molar-refractivity contribution is 0.161. The number of aromatic nitrogens is 1. The van der Waals surface area contributed by atoms with Crippen LogP contribution in [0.15, 0.2) is 24.5 Å². The van der Waals surface area contributed by atoms with Crippen LogP contribution in [0.25, 0.3) is 0 Å². The Kier molecular flexibility index (Phi) is 5.14. The standard InChI is InChI=1S/C15H25N3/c1-18(14-8-4-2-3-5-9-14)15(11-16)13-7-6-10-17-12-13/h6-7,10,12,14-15H,2-5,8-9,11,16H2,1H3. The van der Waals surface area contributed by atoms with Crippen LogP contribution in [-0.2, 0) is 0 Å². The predicted molar refractivity (Wildman–Crippen MR) is 75.3 cm³/mol. The van der Waals surface area contributed by atoms with Crippen molar-refractivity contribution < 1.29 is 0 Å². The van der Waals surface area contributed by atoms with Crippen LogP contribution < -0.4 is 5.73 Å². The molecule has 2 N–H and O–H groups in total. The first kappa shape index (κ1) is 13.5. The van der Waals surface area contributed by atoms with E-state index in [0.717, 1.165) is 0 Å². The SMILES string of the molecule is CN(C1CCCCCC1)C(CN)c1cccnc1. The third-order valence-corrected chi connectivity index (χ3v) is 4.18. The summed E-state index contributed by atoms with van der Waals surface area (Å²) in [5, 5.41) is 0. The molecule has 1 saturated carbocycles. The molecule has 1 unspecified atom stereocenters. The average molecular weight is 247 g/mol. The van der Waals surface area contributed by atoms with E-state index in [1.54, 1.807) is 0 Å². The van der Waals surface area contributed by atoms with E-state index in [4.69, 9.17) is 5.73 Å². The third kappa shape index (κ3) is 3.30. The second kappa shape index (κ2) is 6.86. The molecule has 1 heterocycles. The fourth-order valence-corrected chi connectivity index (χ4v) is 3.03. The van der Waals surface area contributed by atoms with E-state index in [-0.39, 0.29) is 0 Å². The highest BCUT2D eigenvalue weighted by molar-refractivity contribution is 5.14.